The van der Waals surface area contributed by atoms with Crippen LogP contribution in [0.3, 0.4) is 0 Å². The number of aliphatic hydroxyl groups is 1. The molecule has 106 valence electrons. The van der Waals surface area contributed by atoms with Crippen LogP contribution in [-0.4, -0.2) is 42.4 Å². The number of rotatable bonds is 6. The summed E-state index contributed by atoms with van der Waals surface area (Å²) in [5, 5.41) is 10.3. The molecule has 0 atom stereocenters. The first-order valence-corrected chi connectivity index (χ1v) is 7.10. The van der Waals surface area contributed by atoms with E-state index in [1.165, 1.54) is 5.56 Å². The molecule has 0 spiro atoms. The molecule has 0 saturated carbocycles. The Morgan fingerprint density at radius 1 is 1.42 bits per heavy atom. The molecule has 1 aliphatic rings. The smallest absolute Gasteiger partial charge is 0.0579 e. The highest BCUT2D eigenvalue weighted by Crippen LogP contribution is 2.29. The minimum Gasteiger partial charge on any atom is -0.396 e. The van der Waals surface area contributed by atoms with Gasteiger partial charge in [0.1, 0.15) is 0 Å². The van der Waals surface area contributed by atoms with E-state index in [9.17, 15) is 5.11 Å². The van der Waals surface area contributed by atoms with Crippen molar-refractivity contribution in [3.63, 3.8) is 0 Å². The van der Waals surface area contributed by atoms with Crippen LogP contribution in [-0.2, 0) is 11.3 Å². The minimum atomic E-state index is -0.0805. The van der Waals surface area contributed by atoms with Crippen molar-refractivity contribution in [2.75, 3.05) is 26.4 Å². The third-order valence-electron chi connectivity index (χ3n) is 3.70. The number of nitrogens with zero attached hydrogens (tertiary/aromatic N) is 1. The van der Waals surface area contributed by atoms with Gasteiger partial charge in [-0.1, -0.05) is 23.7 Å². The third-order valence-corrected chi connectivity index (χ3v) is 3.93. The molecule has 2 rings (SSSR count). The van der Waals surface area contributed by atoms with Gasteiger partial charge < -0.3 is 9.84 Å². The largest absolute Gasteiger partial charge is 0.396 e. The molecule has 0 aliphatic carbocycles. The molecule has 1 saturated heterocycles. The lowest BCUT2D eigenvalue weighted by Crippen LogP contribution is -2.54. The Kier molecular flexibility index (Phi) is 4.85. The Labute approximate surface area is 120 Å². The topological polar surface area (TPSA) is 32.7 Å². The Morgan fingerprint density at radius 2 is 2.16 bits per heavy atom. The van der Waals surface area contributed by atoms with Gasteiger partial charge in [-0.05, 0) is 31.5 Å². The molecule has 19 heavy (non-hydrogen) atoms. The lowest BCUT2D eigenvalue weighted by atomic mass is 9.86. The van der Waals surface area contributed by atoms with Gasteiger partial charge >= 0.3 is 0 Å². The average molecular weight is 284 g/mol. The highest BCUT2D eigenvalue weighted by atomic mass is 35.5. The maximum Gasteiger partial charge on any atom is 0.0579 e. The Hall–Kier alpha value is -0.610. The third kappa shape index (κ3) is 3.69. The molecule has 3 nitrogen and oxygen atoms in total. The number of hydrogen-bond acceptors (Lipinski definition) is 3. The van der Waals surface area contributed by atoms with Crippen LogP contribution in [0.25, 0.3) is 0 Å². The zero-order chi connectivity index (χ0) is 13.9. The molecular weight excluding hydrogens is 262 g/mol. The molecule has 0 radical (unpaired) electrons. The van der Waals surface area contributed by atoms with Crippen LogP contribution < -0.4 is 0 Å². The van der Waals surface area contributed by atoms with Crippen molar-refractivity contribution in [3.8, 4) is 0 Å². The van der Waals surface area contributed by atoms with Gasteiger partial charge in [0.05, 0.1) is 25.2 Å². The van der Waals surface area contributed by atoms with Gasteiger partial charge in [-0.2, -0.15) is 0 Å². The molecule has 4 heteroatoms. The molecule has 0 amide bonds. The molecule has 1 aliphatic heterocycles. The van der Waals surface area contributed by atoms with Crippen LogP contribution >= 0.6 is 11.6 Å². The van der Waals surface area contributed by atoms with E-state index in [2.05, 4.69) is 24.8 Å². The second-order valence-electron chi connectivity index (χ2n) is 5.78. The summed E-state index contributed by atoms with van der Waals surface area (Å²) in [7, 11) is 0. The summed E-state index contributed by atoms with van der Waals surface area (Å²) in [4.78, 5) is 2.37. The summed E-state index contributed by atoms with van der Waals surface area (Å²) in [5.41, 5.74) is 1.12. The summed E-state index contributed by atoms with van der Waals surface area (Å²) in [6.07, 6.45) is 0. The van der Waals surface area contributed by atoms with E-state index < -0.39 is 0 Å². The number of ether oxygens (including phenoxy) is 1. The number of hydrogen-bond donors (Lipinski definition) is 1. The van der Waals surface area contributed by atoms with Crippen molar-refractivity contribution in [2.24, 2.45) is 5.41 Å². The molecule has 1 N–H and O–H groups in total. The quantitative estimate of drug-likeness (QED) is 0.871. The molecule has 1 aromatic carbocycles. The van der Waals surface area contributed by atoms with Gasteiger partial charge in [0.15, 0.2) is 0 Å². The zero-order valence-electron chi connectivity index (χ0n) is 11.6. The van der Waals surface area contributed by atoms with Crippen LogP contribution in [0.1, 0.15) is 19.4 Å². The van der Waals surface area contributed by atoms with Crippen LogP contribution in [0.4, 0.5) is 0 Å². The fourth-order valence-electron chi connectivity index (χ4n) is 2.35. The normalized spacial score (nSPS) is 17.8. The van der Waals surface area contributed by atoms with E-state index in [1.54, 1.807) is 0 Å². The average Bonchev–Trinajstić information content (AvgIpc) is 2.32. The van der Waals surface area contributed by atoms with Gasteiger partial charge in [0.25, 0.3) is 0 Å². The van der Waals surface area contributed by atoms with Gasteiger partial charge in [0.2, 0.25) is 0 Å². The SMILES string of the molecule is CC(C)N(Cc1cccc(Cl)c1)CC1(CO)COC1. The minimum absolute atomic E-state index is 0.0805. The Balaban J connectivity index is 2.04. The van der Waals surface area contributed by atoms with Crippen molar-refractivity contribution in [1.82, 2.24) is 4.90 Å². The van der Waals surface area contributed by atoms with Crippen molar-refractivity contribution in [3.05, 3.63) is 34.9 Å². The van der Waals surface area contributed by atoms with E-state index in [0.717, 1.165) is 18.1 Å². The monoisotopic (exact) mass is 283 g/mol. The fraction of sp³-hybridized carbons (Fsp3) is 0.600. The first kappa shape index (κ1) is 14.8. The number of benzene rings is 1. The van der Waals surface area contributed by atoms with Crippen LogP contribution in [0.15, 0.2) is 24.3 Å². The van der Waals surface area contributed by atoms with Crippen LogP contribution in [0.2, 0.25) is 5.02 Å². The number of aliphatic hydroxyl groups excluding tert-OH is 1. The highest BCUT2D eigenvalue weighted by molar-refractivity contribution is 6.30. The molecule has 1 heterocycles. The van der Waals surface area contributed by atoms with E-state index in [-0.39, 0.29) is 12.0 Å². The van der Waals surface area contributed by atoms with Gasteiger partial charge in [-0.3, -0.25) is 4.90 Å². The van der Waals surface area contributed by atoms with Crippen molar-refractivity contribution in [1.29, 1.82) is 0 Å². The Bertz CT molecular complexity index is 413. The molecule has 1 aromatic rings. The summed E-state index contributed by atoms with van der Waals surface area (Å²) in [5.74, 6) is 0. The summed E-state index contributed by atoms with van der Waals surface area (Å²) in [6, 6.07) is 8.37. The van der Waals surface area contributed by atoms with Crippen LogP contribution in [0, 0.1) is 5.41 Å². The maximum absolute atomic E-state index is 9.55. The lowest BCUT2D eigenvalue weighted by Gasteiger charge is -2.44. The molecule has 0 bridgehead atoms. The van der Waals surface area contributed by atoms with Gasteiger partial charge in [0, 0.05) is 24.2 Å². The van der Waals surface area contributed by atoms with Crippen molar-refractivity contribution >= 4 is 11.6 Å². The standard InChI is InChI=1S/C15H22ClNO2/c1-12(2)17(8-15(9-18)10-19-11-15)7-13-4-3-5-14(16)6-13/h3-6,12,18H,7-11H2,1-2H3. The van der Waals surface area contributed by atoms with E-state index in [1.807, 2.05) is 18.2 Å². The van der Waals surface area contributed by atoms with E-state index >= 15 is 0 Å². The first-order valence-electron chi connectivity index (χ1n) is 6.72. The second kappa shape index (κ2) is 6.23. The fourth-order valence-corrected chi connectivity index (χ4v) is 2.56. The molecule has 1 fully saturated rings. The van der Waals surface area contributed by atoms with Crippen molar-refractivity contribution in [2.45, 2.75) is 26.4 Å². The zero-order valence-corrected chi connectivity index (χ0v) is 12.4. The molecule has 0 unspecified atom stereocenters. The summed E-state index contributed by atoms with van der Waals surface area (Å²) >= 11 is 6.03. The second-order valence-corrected chi connectivity index (χ2v) is 6.22. The van der Waals surface area contributed by atoms with Gasteiger partial charge in [-0.25, -0.2) is 0 Å². The molecular formula is C15H22ClNO2. The predicted octanol–water partition coefficient (Wildman–Crippen LogP) is 2.56. The maximum atomic E-state index is 9.55. The number of halogens is 1. The lowest BCUT2D eigenvalue weighted by molar-refractivity contribution is -0.151. The van der Waals surface area contributed by atoms with Gasteiger partial charge in [-0.15, -0.1) is 0 Å². The van der Waals surface area contributed by atoms with E-state index in [0.29, 0.717) is 19.3 Å². The van der Waals surface area contributed by atoms with E-state index in [4.69, 9.17) is 16.3 Å². The highest BCUT2D eigenvalue weighted by Gasteiger charge is 2.40. The Morgan fingerprint density at radius 3 is 2.63 bits per heavy atom. The summed E-state index contributed by atoms with van der Waals surface area (Å²) in [6.45, 7) is 7.55. The predicted molar refractivity (Wildman–Crippen MR) is 77.3 cm³/mol. The van der Waals surface area contributed by atoms with Crippen LogP contribution in [0.5, 0.6) is 0 Å². The summed E-state index contributed by atoms with van der Waals surface area (Å²) < 4.78 is 5.27. The molecule has 0 aromatic heterocycles. The first-order chi connectivity index (χ1) is 9.04. The van der Waals surface area contributed by atoms with Crippen molar-refractivity contribution < 1.29 is 9.84 Å².